The lowest BCUT2D eigenvalue weighted by atomic mass is 9.59. The molecule has 0 spiro atoms. The largest absolute Gasteiger partial charge is 0.550 e. The van der Waals surface area contributed by atoms with Crippen LogP contribution >= 0.6 is 0 Å². The number of rotatable bonds is 14. The first-order valence-electron chi connectivity index (χ1n) is 9.01. The van der Waals surface area contributed by atoms with Gasteiger partial charge in [0.2, 0.25) is 0 Å². The van der Waals surface area contributed by atoms with Crippen molar-refractivity contribution in [3.8, 4) is 0 Å². The lowest BCUT2D eigenvalue weighted by molar-refractivity contribution is -0.365. The first-order chi connectivity index (χ1) is 11.7. The molecule has 0 bridgehead atoms. The molecule has 25 heavy (non-hydrogen) atoms. The van der Waals surface area contributed by atoms with E-state index < -0.39 is 34.8 Å². The summed E-state index contributed by atoms with van der Waals surface area (Å²) in [6.07, 6.45) is 1.95. The highest BCUT2D eigenvalue weighted by molar-refractivity contribution is 5.91. The van der Waals surface area contributed by atoms with Crippen LogP contribution in [0.3, 0.4) is 0 Å². The van der Waals surface area contributed by atoms with Crippen molar-refractivity contribution in [2.24, 2.45) is 11.3 Å². The summed E-state index contributed by atoms with van der Waals surface area (Å²) in [6, 6.07) is 0. The van der Waals surface area contributed by atoms with Gasteiger partial charge in [-0.1, -0.05) is 59.3 Å². The van der Waals surface area contributed by atoms with Crippen molar-refractivity contribution >= 4 is 17.9 Å². The summed E-state index contributed by atoms with van der Waals surface area (Å²) >= 11 is 0. The van der Waals surface area contributed by atoms with Gasteiger partial charge in [0.05, 0.1) is 11.9 Å². The summed E-state index contributed by atoms with van der Waals surface area (Å²) in [4.78, 5) is 35.5. The van der Waals surface area contributed by atoms with E-state index in [1.54, 1.807) is 20.8 Å². The number of carboxylic acids is 3. The minimum Gasteiger partial charge on any atom is -0.550 e. The van der Waals surface area contributed by atoms with Crippen LogP contribution < -0.4 is 15.3 Å². The van der Waals surface area contributed by atoms with Crippen LogP contribution in [-0.2, 0) is 14.4 Å². The zero-order valence-electron chi connectivity index (χ0n) is 15.3. The van der Waals surface area contributed by atoms with E-state index in [-0.39, 0.29) is 19.3 Å². The van der Waals surface area contributed by atoms with Crippen molar-refractivity contribution in [3.05, 3.63) is 0 Å². The van der Waals surface area contributed by atoms with E-state index in [2.05, 4.69) is 0 Å². The molecule has 1 N–H and O–H groups in total. The number of aliphatic hydroxyl groups is 1. The van der Waals surface area contributed by atoms with E-state index in [4.69, 9.17) is 0 Å². The zero-order valence-corrected chi connectivity index (χ0v) is 15.3. The van der Waals surface area contributed by atoms with Crippen molar-refractivity contribution < 1.29 is 34.8 Å². The van der Waals surface area contributed by atoms with E-state index in [0.29, 0.717) is 38.5 Å². The van der Waals surface area contributed by atoms with Gasteiger partial charge in [-0.15, -0.1) is 0 Å². The van der Waals surface area contributed by atoms with Crippen LogP contribution in [0.15, 0.2) is 0 Å². The van der Waals surface area contributed by atoms with E-state index >= 15 is 0 Å². The molecule has 0 fully saturated rings. The van der Waals surface area contributed by atoms with Crippen LogP contribution in [0.2, 0.25) is 0 Å². The third-order valence-corrected chi connectivity index (χ3v) is 4.98. The van der Waals surface area contributed by atoms with Crippen LogP contribution in [0.5, 0.6) is 0 Å². The van der Waals surface area contributed by atoms with Gasteiger partial charge in [0.25, 0.3) is 0 Å². The van der Waals surface area contributed by atoms with Gasteiger partial charge in [0.1, 0.15) is 5.60 Å². The maximum absolute atomic E-state index is 12.0. The summed E-state index contributed by atoms with van der Waals surface area (Å²) < 4.78 is 0. The average molecular weight is 357 g/mol. The lowest BCUT2D eigenvalue weighted by Gasteiger charge is -2.53. The van der Waals surface area contributed by atoms with Crippen LogP contribution in [-0.4, -0.2) is 28.6 Å². The van der Waals surface area contributed by atoms with Gasteiger partial charge in [0, 0.05) is 17.3 Å². The fraction of sp³-hybridized carbons (Fsp3) is 0.833. The van der Waals surface area contributed by atoms with Crippen LogP contribution in [0, 0.1) is 11.3 Å². The summed E-state index contributed by atoms with van der Waals surface area (Å²) in [6.45, 7) is 5.33. The molecule has 0 amide bonds. The number of hydrogen-bond acceptors (Lipinski definition) is 7. The molecule has 0 rings (SSSR count). The van der Waals surface area contributed by atoms with Gasteiger partial charge in [-0.2, -0.15) is 0 Å². The molecule has 0 aliphatic rings. The molecule has 0 heterocycles. The Balaban J connectivity index is 6.37. The van der Waals surface area contributed by atoms with Gasteiger partial charge in [0.15, 0.2) is 0 Å². The second-order valence-corrected chi connectivity index (χ2v) is 6.64. The first kappa shape index (κ1) is 23.4. The van der Waals surface area contributed by atoms with Gasteiger partial charge in [-0.25, -0.2) is 0 Å². The molecular formula is C18H29O7-3. The number of carbonyl (C=O) groups is 3. The predicted octanol–water partition coefficient (Wildman–Crippen LogP) is -0.860. The van der Waals surface area contributed by atoms with Gasteiger partial charge >= 0.3 is 0 Å². The Morgan fingerprint density at radius 2 is 1.28 bits per heavy atom. The molecule has 0 aromatic heterocycles. The molecule has 0 aromatic carbocycles. The van der Waals surface area contributed by atoms with Crippen LogP contribution in [0.1, 0.15) is 78.6 Å². The highest BCUT2D eigenvalue weighted by Crippen LogP contribution is 2.46. The first-order valence-corrected chi connectivity index (χ1v) is 9.01. The minimum atomic E-state index is -3.09. The van der Waals surface area contributed by atoms with Crippen molar-refractivity contribution in [2.45, 2.75) is 84.2 Å². The SMILES string of the molecule is CCCCC(C(=O)[O-])C(O)(C(=O)[O-])C(CCCC)(CCCC)C(=O)[O-]. The van der Waals surface area contributed by atoms with Crippen molar-refractivity contribution in [2.75, 3.05) is 0 Å². The fourth-order valence-corrected chi connectivity index (χ4v) is 3.40. The number of carbonyl (C=O) groups excluding carboxylic acids is 3. The van der Waals surface area contributed by atoms with Crippen LogP contribution in [0.25, 0.3) is 0 Å². The van der Waals surface area contributed by atoms with Crippen molar-refractivity contribution in [3.63, 3.8) is 0 Å². The molecule has 0 radical (unpaired) electrons. The molecule has 2 unspecified atom stereocenters. The molecule has 0 aliphatic heterocycles. The van der Waals surface area contributed by atoms with Crippen LogP contribution in [0.4, 0.5) is 0 Å². The minimum absolute atomic E-state index is 0.202. The van der Waals surface area contributed by atoms with E-state index in [1.807, 2.05) is 0 Å². The molecular weight excluding hydrogens is 328 g/mol. The number of unbranched alkanes of at least 4 members (excludes halogenated alkanes) is 3. The van der Waals surface area contributed by atoms with E-state index in [1.165, 1.54) is 0 Å². The summed E-state index contributed by atoms with van der Waals surface area (Å²) in [7, 11) is 0. The van der Waals surface area contributed by atoms with Crippen molar-refractivity contribution in [1.82, 2.24) is 0 Å². The predicted molar refractivity (Wildman–Crippen MR) is 84.5 cm³/mol. The quantitative estimate of drug-likeness (QED) is 0.426. The Hall–Kier alpha value is -1.63. The number of hydrogen-bond donors (Lipinski definition) is 1. The Labute approximate surface area is 149 Å². The highest BCUT2D eigenvalue weighted by Gasteiger charge is 2.56. The van der Waals surface area contributed by atoms with Gasteiger partial charge in [-0.05, 0) is 19.3 Å². The third-order valence-electron chi connectivity index (χ3n) is 4.98. The standard InChI is InChI=1S/C18H32O7/c1-4-7-10-13(14(19)20)18(25,16(23)24)17(15(21)22,11-8-5-2)12-9-6-3/h13,25H,4-12H2,1-3H3,(H,19,20)(H,21,22)(H,23,24)/p-3. The molecule has 2 atom stereocenters. The fourth-order valence-electron chi connectivity index (χ4n) is 3.40. The smallest absolute Gasteiger partial charge is 0.123 e. The normalized spacial score (nSPS) is 15.4. The molecule has 146 valence electrons. The molecule has 7 nitrogen and oxygen atoms in total. The third kappa shape index (κ3) is 4.93. The Morgan fingerprint density at radius 1 is 0.840 bits per heavy atom. The maximum Gasteiger partial charge on any atom is 0.123 e. The number of aliphatic carboxylic acids is 3. The Morgan fingerprint density at radius 3 is 1.56 bits per heavy atom. The lowest BCUT2D eigenvalue weighted by Crippen LogP contribution is -2.71. The summed E-state index contributed by atoms with van der Waals surface area (Å²) in [5, 5.41) is 46.4. The molecule has 7 heteroatoms. The molecule has 0 aromatic rings. The Kier molecular flexibility index (Phi) is 9.70. The average Bonchev–Trinajstić information content (AvgIpc) is 2.54. The molecule has 0 saturated heterocycles. The topological polar surface area (TPSA) is 141 Å². The highest BCUT2D eigenvalue weighted by atomic mass is 16.4. The van der Waals surface area contributed by atoms with Crippen molar-refractivity contribution in [1.29, 1.82) is 0 Å². The second kappa shape index (κ2) is 10.4. The Bertz CT molecular complexity index is 452. The van der Waals surface area contributed by atoms with Gasteiger partial charge in [-0.3, -0.25) is 0 Å². The molecule has 0 saturated carbocycles. The molecule has 0 aliphatic carbocycles. The monoisotopic (exact) mass is 357 g/mol. The zero-order chi connectivity index (χ0) is 19.7. The van der Waals surface area contributed by atoms with E-state index in [9.17, 15) is 34.8 Å². The summed E-state index contributed by atoms with van der Waals surface area (Å²) in [5.74, 6) is -7.54. The maximum atomic E-state index is 12.0. The van der Waals surface area contributed by atoms with E-state index in [0.717, 1.165) is 0 Å². The summed E-state index contributed by atoms with van der Waals surface area (Å²) in [5.41, 5.74) is -5.33. The number of carboxylic acid groups (broad SMARTS) is 3. The van der Waals surface area contributed by atoms with Gasteiger partial charge < -0.3 is 34.8 Å². The second-order valence-electron chi connectivity index (χ2n) is 6.64.